The van der Waals surface area contributed by atoms with Crippen LogP contribution in [0.15, 0.2) is 35.2 Å². The van der Waals surface area contributed by atoms with Crippen LogP contribution in [0.1, 0.15) is 84.5 Å². The van der Waals surface area contributed by atoms with Gasteiger partial charge in [0.1, 0.15) is 5.82 Å². The summed E-state index contributed by atoms with van der Waals surface area (Å²) in [5.41, 5.74) is 4.45. The number of hydrogen-bond acceptors (Lipinski definition) is 6. The number of nitrogens with zero attached hydrogens (tertiary/aromatic N) is 4. The Morgan fingerprint density at radius 3 is 2.62 bits per heavy atom. The van der Waals surface area contributed by atoms with Crippen molar-refractivity contribution in [3.05, 3.63) is 59.1 Å². The SMILES string of the molecule is Cc1cc(-c2cnc(C(C)C)nc2C2CCC(CNC(=O)c3ccncc3C)CC2)on1. The van der Waals surface area contributed by atoms with Crippen LogP contribution in [0.3, 0.4) is 0 Å². The van der Waals surface area contributed by atoms with Crippen LogP contribution in [0.4, 0.5) is 0 Å². The minimum Gasteiger partial charge on any atom is -0.356 e. The quantitative estimate of drug-likeness (QED) is 0.590. The average molecular weight is 434 g/mol. The van der Waals surface area contributed by atoms with Crippen LogP contribution in [0.25, 0.3) is 11.3 Å². The predicted molar refractivity (Wildman–Crippen MR) is 122 cm³/mol. The highest BCUT2D eigenvalue weighted by Gasteiger charge is 2.28. The second-order valence-corrected chi connectivity index (χ2v) is 9.13. The monoisotopic (exact) mass is 433 g/mol. The zero-order chi connectivity index (χ0) is 22.7. The Hall–Kier alpha value is -3.09. The largest absolute Gasteiger partial charge is 0.356 e. The van der Waals surface area contributed by atoms with E-state index >= 15 is 0 Å². The average Bonchev–Trinajstić information content (AvgIpc) is 3.23. The van der Waals surface area contributed by atoms with E-state index in [9.17, 15) is 4.79 Å². The molecule has 0 aliphatic heterocycles. The molecule has 1 amide bonds. The first-order valence-electron chi connectivity index (χ1n) is 11.4. The van der Waals surface area contributed by atoms with Crippen LogP contribution in [0.2, 0.25) is 0 Å². The van der Waals surface area contributed by atoms with Gasteiger partial charge in [-0.05, 0) is 57.1 Å². The van der Waals surface area contributed by atoms with Gasteiger partial charge in [0.2, 0.25) is 0 Å². The summed E-state index contributed by atoms with van der Waals surface area (Å²) in [5, 5.41) is 7.16. The predicted octanol–water partition coefficient (Wildman–Crippen LogP) is 4.97. The van der Waals surface area contributed by atoms with Crippen LogP contribution < -0.4 is 5.32 Å². The van der Waals surface area contributed by atoms with Crippen LogP contribution in [0, 0.1) is 19.8 Å². The van der Waals surface area contributed by atoms with Gasteiger partial charge in [0.25, 0.3) is 5.91 Å². The van der Waals surface area contributed by atoms with Crippen molar-refractivity contribution in [3.8, 4) is 11.3 Å². The highest BCUT2D eigenvalue weighted by molar-refractivity contribution is 5.95. The zero-order valence-corrected chi connectivity index (χ0v) is 19.3. The van der Waals surface area contributed by atoms with Crippen LogP contribution >= 0.6 is 0 Å². The van der Waals surface area contributed by atoms with E-state index in [1.807, 2.05) is 26.1 Å². The molecular formula is C25H31N5O2. The van der Waals surface area contributed by atoms with Crippen molar-refractivity contribution in [2.45, 2.75) is 65.2 Å². The summed E-state index contributed by atoms with van der Waals surface area (Å²) in [5.74, 6) is 2.66. The minimum atomic E-state index is -0.0209. The van der Waals surface area contributed by atoms with Gasteiger partial charge in [-0.15, -0.1) is 0 Å². The first-order chi connectivity index (χ1) is 15.4. The molecule has 1 N–H and O–H groups in total. The molecule has 168 valence electrons. The Labute approximate surface area is 189 Å². The van der Waals surface area contributed by atoms with E-state index in [-0.39, 0.29) is 11.8 Å². The lowest BCUT2D eigenvalue weighted by atomic mass is 9.79. The van der Waals surface area contributed by atoms with Gasteiger partial charge < -0.3 is 9.84 Å². The summed E-state index contributed by atoms with van der Waals surface area (Å²) in [6.07, 6.45) is 9.44. The number of hydrogen-bond donors (Lipinski definition) is 1. The van der Waals surface area contributed by atoms with Crippen molar-refractivity contribution in [2.75, 3.05) is 6.54 Å². The smallest absolute Gasteiger partial charge is 0.251 e. The van der Waals surface area contributed by atoms with Crippen molar-refractivity contribution in [2.24, 2.45) is 5.92 Å². The number of aryl methyl sites for hydroxylation is 2. The molecule has 1 aliphatic carbocycles. The van der Waals surface area contributed by atoms with Crippen molar-refractivity contribution in [3.63, 3.8) is 0 Å². The Morgan fingerprint density at radius 1 is 1.19 bits per heavy atom. The Morgan fingerprint density at radius 2 is 1.97 bits per heavy atom. The second-order valence-electron chi connectivity index (χ2n) is 9.13. The summed E-state index contributed by atoms with van der Waals surface area (Å²) in [6, 6.07) is 3.72. The molecule has 7 nitrogen and oxygen atoms in total. The fourth-order valence-corrected chi connectivity index (χ4v) is 4.38. The molecule has 0 bridgehead atoms. The molecule has 0 unspecified atom stereocenters. The molecule has 0 saturated heterocycles. The number of rotatable bonds is 6. The molecule has 1 fully saturated rings. The Kier molecular flexibility index (Phi) is 6.63. The molecule has 0 aromatic carbocycles. The maximum Gasteiger partial charge on any atom is 0.251 e. The molecule has 1 aliphatic rings. The number of aromatic nitrogens is 4. The number of nitrogens with one attached hydrogen (secondary N) is 1. The molecular weight excluding hydrogens is 402 g/mol. The first-order valence-corrected chi connectivity index (χ1v) is 11.4. The van der Waals surface area contributed by atoms with Crippen molar-refractivity contribution in [1.29, 1.82) is 0 Å². The summed E-state index contributed by atoms with van der Waals surface area (Å²) >= 11 is 0. The van der Waals surface area contributed by atoms with Crippen molar-refractivity contribution < 1.29 is 9.32 Å². The topological polar surface area (TPSA) is 93.8 Å². The van der Waals surface area contributed by atoms with Crippen LogP contribution in [-0.2, 0) is 0 Å². The zero-order valence-electron chi connectivity index (χ0n) is 19.3. The van der Waals surface area contributed by atoms with Crippen molar-refractivity contribution in [1.82, 2.24) is 25.4 Å². The van der Waals surface area contributed by atoms with Gasteiger partial charge in [0.15, 0.2) is 5.76 Å². The van der Waals surface area contributed by atoms with Gasteiger partial charge in [-0.25, -0.2) is 9.97 Å². The molecule has 4 rings (SSSR count). The molecule has 3 aromatic rings. The van der Waals surface area contributed by atoms with Crippen LogP contribution in [-0.4, -0.2) is 32.6 Å². The highest BCUT2D eigenvalue weighted by atomic mass is 16.5. The van der Waals surface area contributed by atoms with Crippen molar-refractivity contribution >= 4 is 5.91 Å². The van der Waals surface area contributed by atoms with E-state index in [0.29, 0.717) is 23.9 Å². The normalized spacial score (nSPS) is 18.7. The van der Waals surface area contributed by atoms with Gasteiger partial charge in [0.05, 0.1) is 17.0 Å². The molecule has 0 spiro atoms. The first kappa shape index (κ1) is 22.1. The molecule has 0 radical (unpaired) electrons. The maximum atomic E-state index is 12.5. The fourth-order valence-electron chi connectivity index (χ4n) is 4.38. The third kappa shape index (κ3) is 4.87. The standard InChI is InChI=1S/C25H31N5O2/c1-15(2)24-27-14-21(22-11-17(4)30-32-22)23(29-24)19-7-5-18(6-8-19)13-28-25(31)20-9-10-26-12-16(20)3/h9-12,14-15,18-19H,5-8,13H2,1-4H3,(H,28,31). The molecule has 32 heavy (non-hydrogen) atoms. The lowest BCUT2D eigenvalue weighted by Crippen LogP contribution is -2.31. The molecule has 7 heteroatoms. The molecule has 3 aromatic heterocycles. The minimum absolute atomic E-state index is 0.0209. The maximum absolute atomic E-state index is 12.5. The van der Waals surface area contributed by atoms with E-state index in [1.54, 1.807) is 18.5 Å². The summed E-state index contributed by atoms with van der Waals surface area (Å²) in [6.45, 7) is 8.75. The summed E-state index contributed by atoms with van der Waals surface area (Å²) < 4.78 is 5.54. The van der Waals surface area contributed by atoms with Crippen LogP contribution in [0.5, 0.6) is 0 Å². The van der Waals surface area contributed by atoms with Gasteiger partial charge in [-0.3, -0.25) is 9.78 Å². The van der Waals surface area contributed by atoms with E-state index in [1.165, 1.54) is 0 Å². The Bertz CT molecular complexity index is 1080. The third-order valence-electron chi connectivity index (χ3n) is 6.30. The molecule has 0 atom stereocenters. The van der Waals surface area contributed by atoms with Gasteiger partial charge >= 0.3 is 0 Å². The second kappa shape index (κ2) is 9.59. The lowest BCUT2D eigenvalue weighted by Gasteiger charge is -2.29. The number of pyridine rings is 1. The number of carbonyl (C=O) groups excluding carboxylic acids is 1. The fraction of sp³-hybridized carbons (Fsp3) is 0.480. The van der Waals surface area contributed by atoms with E-state index < -0.39 is 0 Å². The third-order valence-corrected chi connectivity index (χ3v) is 6.30. The summed E-state index contributed by atoms with van der Waals surface area (Å²) in [7, 11) is 0. The number of amides is 1. The van der Waals surface area contributed by atoms with E-state index in [4.69, 9.17) is 9.51 Å². The van der Waals surface area contributed by atoms with E-state index in [0.717, 1.165) is 59.8 Å². The molecule has 3 heterocycles. The van der Waals surface area contributed by atoms with E-state index in [2.05, 4.69) is 34.3 Å². The van der Waals surface area contributed by atoms with Gasteiger partial charge in [0, 0.05) is 48.6 Å². The summed E-state index contributed by atoms with van der Waals surface area (Å²) in [4.78, 5) is 26.1. The number of carbonyl (C=O) groups is 1. The lowest BCUT2D eigenvalue weighted by molar-refractivity contribution is 0.0942. The van der Waals surface area contributed by atoms with Gasteiger partial charge in [-0.2, -0.15) is 0 Å². The Balaban J connectivity index is 1.43. The molecule has 1 saturated carbocycles. The van der Waals surface area contributed by atoms with Gasteiger partial charge in [-0.1, -0.05) is 19.0 Å². The highest BCUT2D eigenvalue weighted by Crippen LogP contribution is 2.39.